The van der Waals surface area contributed by atoms with Gasteiger partial charge in [0.1, 0.15) is 6.33 Å². The molecular weight excluding hydrogens is 308 g/mol. The first-order chi connectivity index (χ1) is 9.31. The summed E-state index contributed by atoms with van der Waals surface area (Å²) >= 11 is 5.69. The Morgan fingerprint density at radius 1 is 1.45 bits per heavy atom. The summed E-state index contributed by atoms with van der Waals surface area (Å²) in [6, 6.07) is 3.38. The molecule has 0 aliphatic heterocycles. The van der Waals surface area contributed by atoms with Gasteiger partial charge >= 0.3 is 5.97 Å². The molecule has 10 heteroatoms. The summed E-state index contributed by atoms with van der Waals surface area (Å²) in [6.07, 6.45) is 1.18. The van der Waals surface area contributed by atoms with E-state index in [1.54, 1.807) is 0 Å². The number of benzene rings is 1. The van der Waals surface area contributed by atoms with Crippen LogP contribution >= 0.6 is 11.6 Å². The number of carboxylic acid groups (broad SMARTS) is 1. The van der Waals surface area contributed by atoms with Crippen molar-refractivity contribution in [1.82, 2.24) is 14.8 Å². The van der Waals surface area contributed by atoms with Crippen molar-refractivity contribution in [3.8, 4) is 0 Å². The van der Waals surface area contributed by atoms with Gasteiger partial charge in [0.15, 0.2) is 0 Å². The van der Waals surface area contributed by atoms with E-state index in [0.29, 0.717) is 0 Å². The smallest absolute Gasteiger partial charge is 0.337 e. The number of halogens is 1. The highest BCUT2D eigenvalue weighted by atomic mass is 35.5. The minimum atomic E-state index is -3.97. The number of anilines is 1. The fourth-order valence-corrected chi connectivity index (χ4v) is 2.66. The molecule has 0 spiro atoms. The predicted octanol–water partition coefficient (Wildman–Crippen LogP) is 0.968. The van der Waals surface area contributed by atoms with Crippen molar-refractivity contribution in [3.05, 3.63) is 35.1 Å². The second-order valence-corrected chi connectivity index (χ2v) is 5.85. The predicted molar refractivity (Wildman–Crippen MR) is 70.2 cm³/mol. The molecule has 0 radical (unpaired) electrons. The van der Waals surface area contributed by atoms with Gasteiger partial charge in [0.2, 0.25) is 5.95 Å². The van der Waals surface area contributed by atoms with Gasteiger partial charge in [-0.1, -0.05) is 11.6 Å². The maximum Gasteiger partial charge on any atom is 0.337 e. The van der Waals surface area contributed by atoms with Crippen LogP contribution in [0.3, 0.4) is 0 Å². The minimum Gasteiger partial charge on any atom is -0.478 e. The summed E-state index contributed by atoms with van der Waals surface area (Å²) in [6.45, 7) is 0. The molecule has 20 heavy (non-hydrogen) atoms. The quantitative estimate of drug-likeness (QED) is 0.868. The van der Waals surface area contributed by atoms with Gasteiger partial charge in [0.25, 0.3) is 10.0 Å². The van der Waals surface area contributed by atoms with Crippen LogP contribution < -0.4 is 4.72 Å². The van der Waals surface area contributed by atoms with Crippen molar-refractivity contribution in [2.24, 2.45) is 7.05 Å². The molecular formula is C10H9ClN4O4S. The fourth-order valence-electron chi connectivity index (χ4n) is 1.40. The van der Waals surface area contributed by atoms with Crippen LogP contribution in [0.2, 0.25) is 5.02 Å². The number of aryl methyl sites for hydroxylation is 1. The molecule has 0 unspecified atom stereocenters. The summed E-state index contributed by atoms with van der Waals surface area (Å²) in [5.74, 6) is -1.30. The lowest BCUT2D eigenvalue weighted by Crippen LogP contribution is -2.16. The van der Waals surface area contributed by atoms with Gasteiger partial charge in [-0.05, 0) is 18.2 Å². The standard InChI is InChI=1S/C10H9ClN4O4S/c1-15-10(12-5-13-15)14-20(18,19)6-2-3-8(11)7(4-6)9(16)17/h2-5H,1H3,(H,16,17)(H,12,13,14). The lowest BCUT2D eigenvalue weighted by Gasteiger charge is -2.08. The molecule has 1 aromatic carbocycles. The summed E-state index contributed by atoms with van der Waals surface area (Å²) in [4.78, 5) is 14.4. The molecule has 1 heterocycles. The Kier molecular flexibility index (Phi) is 3.64. The number of hydrogen-bond donors (Lipinski definition) is 2. The molecule has 1 aromatic heterocycles. The molecule has 8 nitrogen and oxygen atoms in total. The van der Waals surface area contributed by atoms with Gasteiger partial charge in [-0.2, -0.15) is 10.1 Å². The van der Waals surface area contributed by atoms with Crippen LogP contribution in [0, 0.1) is 0 Å². The number of nitrogens with zero attached hydrogens (tertiary/aromatic N) is 3. The average molecular weight is 317 g/mol. The molecule has 0 atom stereocenters. The molecule has 2 rings (SSSR count). The zero-order chi connectivity index (χ0) is 14.9. The highest BCUT2D eigenvalue weighted by molar-refractivity contribution is 7.92. The van der Waals surface area contributed by atoms with E-state index in [1.165, 1.54) is 30.2 Å². The highest BCUT2D eigenvalue weighted by Gasteiger charge is 2.20. The highest BCUT2D eigenvalue weighted by Crippen LogP contribution is 2.21. The van der Waals surface area contributed by atoms with Crippen LogP contribution in [0.5, 0.6) is 0 Å². The maximum absolute atomic E-state index is 12.1. The van der Waals surface area contributed by atoms with Crippen molar-refractivity contribution in [1.29, 1.82) is 0 Å². The zero-order valence-corrected chi connectivity index (χ0v) is 11.7. The van der Waals surface area contributed by atoms with Gasteiger partial charge in [-0.3, -0.25) is 0 Å². The van der Waals surface area contributed by atoms with Crippen molar-refractivity contribution >= 4 is 33.5 Å². The third-order valence-electron chi connectivity index (χ3n) is 2.42. The Morgan fingerprint density at radius 2 is 2.15 bits per heavy atom. The molecule has 0 saturated heterocycles. The molecule has 106 valence electrons. The summed E-state index contributed by atoms with van der Waals surface area (Å²) < 4.78 is 27.6. The first-order valence-corrected chi connectivity index (χ1v) is 7.07. The molecule has 0 bridgehead atoms. The summed E-state index contributed by atoms with van der Waals surface area (Å²) in [5.41, 5.74) is -0.299. The number of carboxylic acids is 1. The largest absolute Gasteiger partial charge is 0.478 e. The van der Waals surface area contributed by atoms with Gasteiger partial charge in [-0.15, -0.1) is 0 Å². The SMILES string of the molecule is Cn1ncnc1NS(=O)(=O)c1ccc(Cl)c(C(=O)O)c1. The van der Waals surface area contributed by atoms with Gasteiger partial charge < -0.3 is 5.11 Å². The second kappa shape index (κ2) is 5.10. The minimum absolute atomic E-state index is 0.0109. The van der Waals surface area contributed by atoms with Crippen LogP contribution in [-0.4, -0.2) is 34.3 Å². The van der Waals surface area contributed by atoms with Crippen molar-refractivity contribution in [3.63, 3.8) is 0 Å². The monoisotopic (exact) mass is 316 g/mol. The van der Waals surface area contributed by atoms with Crippen molar-refractivity contribution < 1.29 is 18.3 Å². The van der Waals surface area contributed by atoms with E-state index in [9.17, 15) is 13.2 Å². The third-order valence-corrected chi connectivity index (χ3v) is 4.07. The summed E-state index contributed by atoms with van der Waals surface area (Å²) in [7, 11) is -2.46. The van der Waals surface area contributed by atoms with E-state index in [2.05, 4.69) is 14.8 Å². The number of aromatic nitrogens is 3. The second-order valence-electron chi connectivity index (χ2n) is 3.76. The van der Waals surface area contributed by atoms with Gasteiger partial charge in [0.05, 0.1) is 15.5 Å². The number of aromatic carboxylic acids is 1. The zero-order valence-electron chi connectivity index (χ0n) is 10.1. The van der Waals surface area contributed by atoms with E-state index in [4.69, 9.17) is 16.7 Å². The number of rotatable bonds is 4. The Morgan fingerprint density at radius 3 is 2.70 bits per heavy atom. The molecule has 0 fully saturated rings. The Labute approximate surface area is 119 Å². The van der Waals surface area contributed by atoms with Crippen LogP contribution in [0.15, 0.2) is 29.4 Å². The molecule has 0 aliphatic carbocycles. The van der Waals surface area contributed by atoms with Gasteiger partial charge in [0, 0.05) is 7.05 Å². The Bertz CT molecular complexity index is 771. The van der Waals surface area contributed by atoms with E-state index < -0.39 is 16.0 Å². The first kappa shape index (κ1) is 14.3. The summed E-state index contributed by atoms with van der Waals surface area (Å²) in [5, 5.41) is 12.6. The van der Waals surface area contributed by atoms with Gasteiger partial charge in [-0.25, -0.2) is 22.6 Å². The van der Waals surface area contributed by atoms with Crippen LogP contribution in [-0.2, 0) is 17.1 Å². The lowest BCUT2D eigenvalue weighted by atomic mass is 10.2. The lowest BCUT2D eigenvalue weighted by molar-refractivity contribution is 0.0697. The maximum atomic E-state index is 12.1. The van der Waals surface area contributed by atoms with E-state index >= 15 is 0 Å². The molecule has 2 N–H and O–H groups in total. The average Bonchev–Trinajstić information content (AvgIpc) is 2.74. The number of hydrogen-bond acceptors (Lipinski definition) is 5. The van der Waals surface area contributed by atoms with Crippen LogP contribution in [0.1, 0.15) is 10.4 Å². The van der Waals surface area contributed by atoms with Crippen molar-refractivity contribution in [2.45, 2.75) is 4.90 Å². The van der Waals surface area contributed by atoms with Crippen molar-refractivity contribution in [2.75, 3.05) is 4.72 Å². The Balaban J connectivity index is 2.42. The van der Waals surface area contributed by atoms with Crippen LogP contribution in [0.4, 0.5) is 5.95 Å². The van der Waals surface area contributed by atoms with E-state index in [0.717, 1.165) is 6.07 Å². The number of sulfonamides is 1. The third kappa shape index (κ3) is 2.73. The molecule has 0 amide bonds. The number of carbonyl (C=O) groups is 1. The number of nitrogens with one attached hydrogen (secondary N) is 1. The topological polar surface area (TPSA) is 114 Å². The molecule has 2 aromatic rings. The fraction of sp³-hybridized carbons (Fsp3) is 0.100. The first-order valence-electron chi connectivity index (χ1n) is 5.21. The van der Waals surface area contributed by atoms with E-state index in [-0.39, 0.29) is 21.4 Å². The Hall–Kier alpha value is -2.13. The molecule has 0 aliphatic rings. The normalized spacial score (nSPS) is 11.3. The van der Waals surface area contributed by atoms with Crippen LogP contribution in [0.25, 0.3) is 0 Å². The van der Waals surface area contributed by atoms with E-state index in [1.807, 2.05) is 0 Å². The molecule has 0 saturated carbocycles.